The van der Waals surface area contributed by atoms with E-state index in [0.29, 0.717) is 24.7 Å². The van der Waals surface area contributed by atoms with Gasteiger partial charge in [-0.15, -0.1) is 0 Å². The first-order valence-corrected chi connectivity index (χ1v) is 4.86. The van der Waals surface area contributed by atoms with Crippen LogP contribution in [-0.4, -0.2) is 11.4 Å². The third-order valence-electron chi connectivity index (χ3n) is 2.04. The minimum Gasteiger partial charge on any atom is -0.368 e. The first-order chi connectivity index (χ1) is 5.78. The van der Waals surface area contributed by atoms with E-state index in [9.17, 15) is 4.79 Å². The number of hydrogen-bond donors (Lipinski definition) is 2. The number of hydrogen-bond acceptors (Lipinski definition) is 2. The predicted octanol–water partition coefficient (Wildman–Crippen LogP) is 1.26. The van der Waals surface area contributed by atoms with Crippen LogP contribution < -0.4 is 11.5 Å². The van der Waals surface area contributed by atoms with Crippen molar-refractivity contribution in [3.8, 4) is 0 Å². The topological polar surface area (TPSA) is 69.1 Å². The third-order valence-corrected chi connectivity index (χ3v) is 2.04. The molecule has 0 heterocycles. The van der Waals surface area contributed by atoms with Gasteiger partial charge in [-0.05, 0) is 24.7 Å². The molecule has 1 amide bonds. The first-order valence-electron chi connectivity index (χ1n) is 4.86. The summed E-state index contributed by atoms with van der Waals surface area (Å²) in [6.45, 7) is 8.19. The quantitative estimate of drug-likeness (QED) is 0.678. The van der Waals surface area contributed by atoms with Gasteiger partial charge in [0.1, 0.15) is 0 Å². The number of carbonyl (C=O) groups is 1. The lowest BCUT2D eigenvalue weighted by Gasteiger charge is -2.29. The van der Waals surface area contributed by atoms with Crippen molar-refractivity contribution in [1.29, 1.82) is 0 Å². The second-order valence-electron chi connectivity index (χ2n) is 4.72. The summed E-state index contributed by atoms with van der Waals surface area (Å²) < 4.78 is 0. The van der Waals surface area contributed by atoms with Crippen LogP contribution in [0.15, 0.2) is 0 Å². The number of amides is 1. The second-order valence-corrected chi connectivity index (χ2v) is 4.72. The van der Waals surface area contributed by atoms with E-state index < -0.39 is 5.54 Å². The lowest BCUT2D eigenvalue weighted by atomic mass is 9.82. The molecule has 0 saturated carbocycles. The molecule has 0 rings (SSSR count). The molecule has 0 unspecified atom stereocenters. The summed E-state index contributed by atoms with van der Waals surface area (Å²) in [5.41, 5.74) is 10.5. The van der Waals surface area contributed by atoms with Crippen LogP contribution in [0.5, 0.6) is 0 Å². The molecule has 13 heavy (non-hydrogen) atoms. The molecule has 0 aromatic heterocycles. The predicted molar refractivity (Wildman–Crippen MR) is 55.0 cm³/mol. The molecular formula is C10H22N2O. The lowest BCUT2D eigenvalue weighted by molar-refractivity contribution is -0.124. The van der Waals surface area contributed by atoms with Gasteiger partial charge in [0.05, 0.1) is 5.54 Å². The maximum absolute atomic E-state index is 11.2. The fourth-order valence-corrected chi connectivity index (χ4v) is 1.74. The van der Waals surface area contributed by atoms with Crippen molar-refractivity contribution < 1.29 is 4.79 Å². The van der Waals surface area contributed by atoms with Crippen LogP contribution in [0.25, 0.3) is 0 Å². The van der Waals surface area contributed by atoms with Crippen molar-refractivity contribution in [2.45, 2.75) is 46.1 Å². The smallest absolute Gasteiger partial charge is 0.237 e. The number of carbonyl (C=O) groups excluding carboxylic acids is 1. The molecule has 0 aliphatic rings. The summed E-state index contributed by atoms with van der Waals surface area (Å²) in [6, 6.07) is 0. The van der Waals surface area contributed by atoms with Crippen molar-refractivity contribution in [1.82, 2.24) is 0 Å². The van der Waals surface area contributed by atoms with Crippen molar-refractivity contribution in [2.75, 3.05) is 0 Å². The van der Waals surface area contributed by atoms with Crippen LogP contribution in [0.1, 0.15) is 40.5 Å². The van der Waals surface area contributed by atoms with Gasteiger partial charge in [0.2, 0.25) is 5.91 Å². The van der Waals surface area contributed by atoms with Gasteiger partial charge < -0.3 is 11.5 Å². The van der Waals surface area contributed by atoms with E-state index in [1.54, 1.807) is 0 Å². The van der Waals surface area contributed by atoms with E-state index in [1.165, 1.54) is 0 Å². The van der Waals surface area contributed by atoms with Gasteiger partial charge in [-0.25, -0.2) is 0 Å². The fourth-order valence-electron chi connectivity index (χ4n) is 1.74. The van der Waals surface area contributed by atoms with Gasteiger partial charge in [-0.3, -0.25) is 4.79 Å². The molecule has 0 radical (unpaired) electrons. The Bertz CT molecular complexity index is 166. The van der Waals surface area contributed by atoms with Crippen molar-refractivity contribution in [2.24, 2.45) is 23.3 Å². The highest BCUT2D eigenvalue weighted by molar-refractivity contribution is 5.84. The van der Waals surface area contributed by atoms with Crippen LogP contribution in [0.2, 0.25) is 0 Å². The van der Waals surface area contributed by atoms with Crippen molar-refractivity contribution >= 4 is 5.91 Å². The van der Waals surface area contributed by atoms with Crippen LogP contribution in [0.3, 0.4) is 0 Å². The van der Waals surface area contributed by atoms with Gasteiger partial charge in [-0.2, -0.15) is 0 Å². The standard InChI is InChI=1S/C10H22N2O/c1-7(2)5-10(12,9(11)13)6-8(3)4/h7-8H,5-6,12H2,1-4H3,(H2,11,13). The van der Waals surface area contributed by atoms with E-state index >= 15 is 0 Å². The zero-order chi connectivity index (χ0) is 10.6. The molecule has 0 saturated heterocycles. The summed E-state index contributed by atoms with van der Waals surface area (Å²) in [6.07, 6.45) is 1.33. The average molecular weight is 186 g/mol. The van der Waals surface area contributed by atoms with Crippen LogP contribution >= 0.6 is 0 Å². The minimum absolute atomic E-state index is 0.380. The Morgan fingerprint density at radius 1 is 1.15 bits per heavy atom. The van der Waals surface area contributed by atoms with Crippen LogP contribution in [0.4, 0.5) is 0 Å². The van der Waals surface area contributed by atoms with Gasteiger partial charge >= 0.3 is 0 Å². The molecule has 0 bridgehead atoms. The van der Waals surface area contributed by atoms with E-state index in [0.717, 1.165) is 0 Å². The third kappa shape index (κ3) is 4.27. The summed E-state index contributed by atoms with van der Waals surface area (Å²) >= 11 is 0. The molecule has 3 heteroatoms. The van der Waals surface area contributed by atoms with Gasteiger partial charge in [-0.1, -0.05) is 27.7 Å². The van der Waals surface area contributed by atoms with Crippen LogP contribution in [0, 0.1) is 11.8 Å². The van der Waals surface area contributed by atoms with Crippen molar-refractivity contribution in [3.63, 3.8) is 0 Å². The molecule has 0 aromatic carbocycles. The molecule has 3 nitrogen and oxygen atoms in total. The molecule has 0 aliphatic heterocycles. The van der Waals surface area contributed by atoms with E-state index in [4.69, 9.17) is 11.5 Å². The zero-order valence-electron chi connectivity index (χ0n) is 9.13. The Morgan fingerprint density at radius 2 is 1.46 bits per heavy atom. The summed E-state index contributed by atoms with van der Waals surface area (Å²) in [5.74, 6) is 0.419. The molecular weight excluding hydrogens is 164 g/mol. The van der Waals surface area contributed by atoms with Gasteiger partial charge in [0.25, 0.3) is 0 Å². The Kier molecular flexibility index (Phi) is 4.40. The minimum atomic E-state index is -0.817. The lowest BCUT2D eigenvalue weighted by Crippen LogP contribution is -2.53. The molecule has 0 aliphatic carbocycles. The highest BCUT2D eigenvalue weighted by atomic mass is 16.1. The maximum Gasteiger partial charge on any atom is 0.237 e. The normalized spacial score (nSPS) is 12.5. The zero-order valence-corrected chi connectivity index (χ0v) is 9.13. The van der Waals surface area contributed by atoms with E-state index in [2.05, 4.69) is 0 Å². The SMILES string of the molecule is CC(C)CC(N)(CC(C)C)C(N)=O. The number of rotatable bonds is 5. The second kappa shape index (κ2) is 4.61. The highest BCUT2D eigenvalue weighted by Crippen LogP contribution is 2.21. The first kappa shape index (κ1) is 12.4. The Hall–Kier alpha value is -0.570. The van der Waals surface area contributed by atoms with Gasteiger partial charge in [0, 0.05) is 0 Å². The summed E-state index contributed by atoms with van der Waals surface area (Å²) in [4.78, 5) is 11.2. The van der Waals surface area contributed by atoms with Crippen molar-refractivity contribution in [3.05, 3.63) is 0 Å². The molecule has 78 valence electrons. The highest BCUT2D eigenvalue weighted by Gasteiger charge is 2.33. The summed E-state index contributed by atoms with van der Waals surface area (Å²) in [7, 11) is 0. The molecule has 0 spiro atoms. The molecule has 0 atom stereocenters. The Balaban J connectivity index is 4.43. The maximum atomic E-state index is 11.2. The molecule has 0 aromatic rings. The van der Waals surface area contributed by atoms with E-state index in [1.807, 2.05) is 27.7 Å². The number of nitrogens with two attached hydrogens (primary N) is 2. The molecule has 0 fully saturated rings. The van der Waals surface area contributed by atoms with E-state index in [-0.39, 0.29) is 5.91 Å². The Labute approximate surface area is 80.9 Å². The summed E-state index contributed by atoms with van der Waals surface area (Å²) in [5, 5.41) is 0. The monoisotopic (exact) mass is 186 g/mol. The Morgan fingerprint density at radius 3 is 1.62 bits per heavy atom. The number of primary amides is 1. The van der Waals surface area contributed by atoms with Gasteiger partial charge in [0.15, 0.2) is 0 Å². The largest absolute Gasteiger partial charge is 0.368 e. The van der Waals surface area contributed by atoms with Crippen LogP contribution in [-0.2, 0) is 4.79 Å². The molecule has 4 N–H and O–H groups in total. The fraction of sp³-hybridized carbons (Fsp3) is 0.900. The average Bonchev–Trinajstić information content (AvgIpc) is 1.82.